The number of aliphatic carboxylic acids is 1. The highest BCUT2D eigenvalue weighted by Gasteiger charge is 2.29. The fraction of sp³-hybridized carbons (Fsp3) is 0.571. The lowest BCUT2D eigenvalue weighted by Crippen LogP contribution is -2.42. The van der Waals surface area contributed by atoms with Crippen LogP contribution < -0.4 is 0 Å². The minimum absolute atomic E-state index is 0.154. The summed E-state index contributed by atoms with van der Waals surface area (Å²) in [4.78, 5) is 39.0. The van der Waals surface area contributed by atoms with E-state index in [0.29, 0.717) is 0 Å². The van der Waals surface area contributed by atoms with E-state index >= 15 is 0 Å². The van der Waals surface area contributed by atoms with E-state index in [2.05, 4.69) is 0 Å². The van der Waals surface area contributed by atoms with Gasteiger partial charge in [0.25, 0.3) is 0 Å². The van der Waals surface area contributed by atoms with Crippen LogP contribution in [0, 0.1) is 5.41 Å². The van der Waals surface area contributed by atoms with Gasteiger partial charge in [-0.15, -0.1) is 0 Å². The van der Waals surface area contributed by atoms with Gasteiger partial charge < -0.3 is 19.6 Å². The average molecular weight is 392 g/mol. The van der Waals surface area contributed by atoms with Gasteiger partial charge in [-0.25, -0.2) is 4.79 Å². The van der Waals surface area contributed by atoms with Crippen molar-refractivity contribution in [3.05, 3.63) is 35.4 Å². The predicted molar refractivity (Wildman–Crippen MR) is 107 cm³/mol. The molecule has 0 bridgehead atoms. The Kier molecular flexibility index (Phi) is 7.61. The first-order valence-corrected chi connectivity index (χ1v) is 9.23. The SMILES string of the molecule is CN(Cc1ccccc1CN(CC(=O)O)C(=O)C(C)(C)C)C(=O)OC(C)(C)C. The third kappa shape index (κ3) is 7.58. The van der Waals surface area contributed by atoms with Gasteiger partial charge in [0, 0.05) is 25.6 Å². The summed E-state index contributed by atoms with van der Waals surface area (Å²) < 4.78 is 5.37. The van der Waals surface area contributed by atoms with E-state index in [0.717, 1.165) is 11.1 Å². The molecular formula is C21H32N2O5. The highest BCUT2D eigenvalue weighted by molar-refractivity contribution is 5.85. The van der Waals surface area contributed by atoms with Crippen molar-refractivity contribution in [1.82, 2.24) is 9.80 Å². The van der Waals surface area contributed by atoms with Gasteiger partial charge >= 0.3 is 12.1 Å². The standard InChI is InChI=1S/C21H32N2O5/c1-20(2,3)18(26)23(14-17(24)25)13-16-11-9-8-10-15(16)12-22(7)19(27)28-21(4,5)6/h8-11H,12-14H2,1-7H3,(H,24,25). The van der Waals surface area contributed by atoms with Crippen molar-refractivity contribution in [3.8, 4) is 0 Å². The first kappa shape index (κ1) is 23.5. The molecular weight excluding hydrogens is 360 g/mol. The van der Waals surface area contributed by atoms with E-state index in [9.17, 15) is 19.5 Å². The summed E-state index contributed by atoms with van der Waals surface area (Å²) in [5.74, 6) is -1.31. The quantitative estimate of drug-likeness (QED) is 0.800. The highest BCUT2D eigenvalue weighted by atomic mass is 16.6. The van der Waals surface area contributed by atoms with E-state index < -0.39 is 23.1 Å². The second kappa shape index (κ2) is 9.08. The molecule has 0 aromatic heterocycles. The molecule has 1 N–H and O–H groups in total. The van der Waals surface area contributed by atoms with Crippen LogP contribution in [0.4, 0.5) is 4.79 Å². The van der Waals surface area contributed by atoms with Gasteiger partial charge in [-0.1, -0.05) is 45.0 Å². The van der Waals surface area contributed by atoms with Crippen molar-refractivity contribution < 1.29 is 24.2 Å². The number of carbonyl (C=O) groups excluding carboxylic acids is 2. The molecule has 7 heteroatoms. The Bertz CT molecular complexity index is 716. The van der Waals surface area contributed by atoms with Gasteiger partial charge in [0.2, 0.25) is 5.91 Å². The number of hydrogen-bond donors (Lipinski definition) is 1. The molecule has 0 heterocycles. The fourth-order valence-corrected chi connectivity index (χ4v) is 2.57. The molecule has 0 unspecified atom stereocenters. The highest BCUT2D eigenvalue weighted by Crippen LogP contribution is 2.21. The number of hydrogen-bond acceptors (Lipinski definition) is 4. The maximum Gasteiger partial charge on any atom is 0.410 e. The molecule has 156 valence electrons. The zero-order chi connectivity index (χ0) is 21.7. The van der Waals surface area contributed by atoms with Gasteiger partial charge in [-0.2, -0.15) is 0 Å². The molecule has 0 aliphatic rings. The van der Waals surface area contributed by atoms with Gasteiger partial charge in [-0.05, 0) is 31.9 Å². The largest absolute Gasteiger partial charge is 0.480 e. The molecule has 28 heavy (non-hydrogen) atoms. The Labute approximate surface area is 167 Å². The zero-order valence-electron chi connectivity index (χ0n) is 17.9. The van der Waals surface area contributed by atoms with Crippen LogP contribution in [0.15, 0.2) is 24.3 Å². The summed E-state index contributed by atoms with van der Waals surface area (Å²) in [5, 5.41) is 9.21. The van der Waals surface area contributed by atoms with E-state index in [1.54, 1.807) is 48.6 Å². The fourth-order valence-electron chi connectivity index (χ4n) is 2.57. The molecule has 2 amide bonds. The molecule has 0 spiro atoms. The Morgan fingerprint density at radius 3 is 1.89 bits per heavy atom. The van der Waals surface area contributed by atoms with Crippen molar-refractivity contribution in [2.75, 3.05) is 13.6 Å². The Hall–Kier alpha value is -2.57. The topological polar surface area (TPSA) is 87.2 Å². The van der Waals surface area contributed by atoms with Gasteiger partial charge in [0.1, 0.15) is 12.1 Å². The lowest BCUT2D eigenvalue weighted by Gasteiger charge is -2.29. The molecule has 0 fully saturated rings. The second-order valence-electron chi connectivity index (χ2n) is 8.91. The molecule has 1 rings (SSSR count). The number of benzene rings is 1. The van der Waals surface area contributed by atoms with Crippen molar-refractivity contribution in [2.45, 2.75) is 60.2 Å². The third-order valence-electron chi connectivity index (χ3n) is 3.85. The van der Waals surface area contributed by atoms with Crippen LogP contribution >= 0.6 is 0 Å². The Morgan fingerprint density at radius 1 is 0.964 bits per heavy atom. The predicted octanol–water partition coefficient (Wildman–Crippen LogP) is 3.51. The number of rotatable bonds is 6. The number of nitrogens with zero attached hydrogens (tertiary/aromatic N) is 2. The number of carboxylic acid groups (broad SMARTS) is 1. The number of carboxylic acids is 1. The summed E-state index contributed by atoms with van der Waals surface area (Å²) in [7, 11) is 1.64. The third-order valence-corrected chi connectivity index (χ3v) is 3.85. The maximum absolute atomic E-state index is 12.7. The smallest absolute Gasteiger partial charge is 0.410 e. The Morgan fingerprint density at radius 2 is 1.46 bits per heavy atom. The van der Waals surface area contributed by atoms with Gasteiger partial charge in [0.15, 0.2) is 0 Å². The van der Waals surface area contributed by atoms with Crippen LogP contribution in [0.25, 0.3) is 0 Å². The molecule has 0 aliphatic carbocycles. The molecule has 0 atom stereocenters. The van der Waals surface area contributed by atoms with Crippen molar-refractivity contribution >= 4 is 18.0 Å². The molecule has 0 radical (unpaired) electrons. The number of carbonyl (C=O) groups is 3. The lowest BCUT2D eigenvalue weighted by molar-refractivity contribution is -0.148. The van der Waals surface area contributed by atoms with Crippen LogP contribution in [-0.2, 0) is 27.4 Å². The first-order valence-electron chi connectivity index (χ1n) is 9.23. The molecule has 0 saturated carbocycles. The minimum atomic E-state index is -1.07. The Balaban J connectivity index is 3.04. The van der Waals surface area contributed by atoms with Crippen LogP contribution in [0.1, 0.15) is 52.7 Å². The molecule has 1 aromatic rings. The van der Waals surface area contributed by atoms with Crippen LogP contribution in [0.3, 0.4) is 0 Å². The molecule has 0 aliphatic heterocycles. The zero-order valence-corrected chi connectivity index (χ0v) is 17.9. The molecule has 0 saturated heterocycles. The van der Waals surface area contributed by atoms with Crippen molar-refractivity contribution in [1.29, 1.82) is 0 Å². The summed E-state index contributed by atoms with van der Waals surface area (Å²) in [6.45, 7) is 10.7. The van der Waals surface area contributed by atoms with E-state index in [-0.39, 0.29) is 25.5 Å². The van der Waals surface area contributed by atoms with E-state index in [1.807, 2.05) is 24.3 Å². The van der Waals surface area contributed by atoms with Crippen molar-refractivity contribution in [3.63, 3.8) is 0 Å². The normalized spacial score (nSPS) is 11.7. The van der Waals surface area contributed by atoms with Crippen LogP contribution in [0.2, 0.25) is 0 Å². The van der Waals surface area contributed by atoms with Gasteiger partial charge in [-0.3, -0.25) is 9.59 Å². The summed E-state index contributed by atoms with van der Waals surface area (Å²) >= 11 is 0. The van der Waals surface area contributed by atoms with E-state index in [1.165, 1.54) is 9.80 Å². The average Bonchev–Trinajstić information content (AvgIpc) is 2.52. The monoisotopic (exact) mass is 392 g/mol. The molecule has 7 nitrogen and oxygen atoms in total. The van der Waals surface area contributed by atoms with E-state index in [4.69, 9.17) is 4.74 Å². The van der Waals surface area contributed by atoms with Gasteiger partial charge in [0.05, 0.1) is 0 Å². The van der Waals surface area contributed by atoms with Crippen LogP contribution in [0.5, 0.6) is 0 Å². The van der Waals surface area contributed by atoms with Crippen molar-refractivity contribution in [2.24, 2.45) is 5.41 Å². The summed E-state index contributed by atoms with van der Waals surface area (Å²) in [6.07, 6.45) is -0.449. The number of ether oxygens (including phenoxy) is 1. The summed E-state index contributed by atoms with van der Waals surface area (Å²) in [6, 6.07) is 7.36. The molecule has 1 aromatic carbocycles. The number of amides is 2. The minimum Gasteiger partial charge on any atom is -0.480 e. The first-order chi connectivity index (χ1) is 12.7. The lowest BCUT2D eigenvalue weighted by atomic mass is 9.94. The second-order valence-corrected chi connectivity index (χ2v) is 8.91. The summed E-state index contributed by atoms with van der Waals surface area (Å²) in [5.41, 5.74) is 0.324. The van der Waals surface area contributed by atoms with Crippen LogP contribution in [-0.4, -0.2) is 52.1 Å². The maximum atomic E-state index is 12.7.